The van der Waals surface area contributed by atoms with Gasteiger partial charge in [-0.2, -0.15) is 0 Å². The van der Waals surface area contributed by atoms with Crippen LogP contribution in [0.15, 0.2) is 18.3 Å². The normalized spacial score (nSPS) is 20.6. The number of hydrogen-bond donors (Lipinski definition) is 2. The molecule has 1 aliphatic heterocycles. The maximum atomic E-state index is 12.3. The van der Waals surface area contributed by atoms with Gasteiger partial charge < -0.3 is 10.6 Å². The lowest BCUT2D eigenvalue weighted by molar-refractivity contribution is -0.120. The summed E-state index contributed by atoms with van der Waals surface area (Å²) in [6.07, 6.45) is 4.32. The highest BCUT2D eigenvalue weighted by Crippen LogP contribution is 2.42. The lowest BCUT2D eigenvalue weighted by Gasteiger charge is -2.10. The lowest BCUT2D eigenvalue weighted by Crippen LogP contribution is -2.40. The van der Waals surface area contributed by atoms with E-state index in [2.05, 4.69) is 20.6 Å². The molecule has 2 aromatic heterocycles. The van der Waals surface area contributed by atoms with Crippen molar-refractivity contribution in [3.05, 3.63) is 34.6 Å². The van der Waals surface area contributed by atoms with Crippen LogP contribution in [0.3, 0.4) is 0 Å². The number of fused-ring (bicyclic) bond motifs is 1. The van der Waals surface area contributed by atoms with Crippen molar-refractivity contribution in [2.75, 3.05) is 6.54 Å². The number of rotatable bonds is 3. The van der Waals surface area contributed by atoms with Gasteiger partial charge in [-0.25, -0.2) is 9.97 Å². The standard InChI is InChI=1S/C16H15ClN4O2/c17-11-6-9-5-10(15(22)20-12-3-4-18-16(12)23)7-19-14(9)21-13(11)8-1-2-8/h5-8,12H,1-4H2,(H,18,23)(H,20,22). The molecule has 2 fully saturated rings. The van der Waals surface area contributed by atoms with E-state index >= 15 is 0 Å². The Labute approximate surface area is 137 Å². The molecule has 2 amide bonds. The topological polar surface area (TPSA) is 84.0 Å². The molecule has 7 heteroatoms. The molecule has 6 nitrogen and oxygen atoms in total. The summed E-state index contributed by atoms with van der Waals surface area (Å²) in [5.41, 5.74) is 1.88. The minimum absolute atomic E-state index is 0.147. The number of amides is 2. The molecule has 118 valence electrons. The van der Waals surface area contributed by atoms with E-state index in [4.69, 9.17) is 11.6 Å². The van der Waals surface area contributed by atoms with Gasteiger partial charge in [0.1, 0.15) is 6.04 Å². The number of carbonyl (C=O) groups is 2. The summed E-state index contributed by atoms with van der Waals surface area (Å²) in [5, 5.41) is 6.75. The number of nitrogens with zero attached hydrogens (tertiary/aromatic N) is 2. The maximum absolute atomic E-state index is 12.3. The minimum Gasteiger partial charge on any atom is -0.354 e. The van der Waals surface area contributed by atoms with E-state index in [-0.39, 0.29) is 11.8 Å². The maximum Gasteiger partial charge on any atom is 0.253 e. The number of hydrogen-bond acceptors (Lipinski definition) is 4. The monoisotopic (exact) mass is 330 g/mol. The predicted octanol–water partition coefficient (Wildman–Crippen LogP) is 1.78. The molecule has 1 atom stereocenters. The van der Waals surface area contributed by atoms with E-state index in [1.807, 2.05) is 6.07 Å². The summed E-state index contributed by atoms with van der Waals surface area (Å²) in [4.78, 5) is 32.6. The second kappa shape index (κ2) is 5.45. The Bertz CT molecular complexity index is 819. The summed E-state index contributed by atoms with van der Waals surface area (Å²) < 4.78 is 0. The quantitative estimate of drug-likeness (QED) is 0.898. The Morgan fingerprint density at radius 1 is 1.30 bits per heavy atom. The molecule has 1 saturated carbocycles. The molecule has 2 aliphatic rings. The van der Waals surface area contributed by atoms with Crippen molar-refractivity contribution < 1.29 is 9.59 Å². The van der Waals surface area contributed by atoms with Crippen molar-refractivity contribution in [2.24, 2.45) is 0 Å². The van der Waals surface area contributed by atoms with E-state index in [0.717, 1.165) is 23.9 Å². The molecule has 0 spiro atoms. The SMILES string of the molecule is O=C(NC1CCNC1=O)c1cnc2nc(C3CC3)c(Cl)cc2c1. The van der Waals surface area contributed by atoms with Crippen molar-refractivity contribution in [1.82, 2.24) is 20.6 Å². The van der Waals surface area contributed by atoms with Crippen LogP contribution in [0.4, 0.5) is 0 Å². The Hall–Kier alpha value is -2.21. The van der Waals surface area contributed by atoms with Crippen LogP contribution in [0, 0.1) is 0 Å². The van der Waals surface area contributed by atoms with Gasteiger partial charge in [0, 0.05) is 24.0 Å². The van der Waals surface area contributed by atoms with E-state index in [1.165, 1.54) is 6.20 Å². The molecule has 23 heavy (non-hydrogen) atoms. The zero-order valence-electron chi connectivity index (χ0n) is 12.3. The Kier molecular flexibility index (Phi) is 3.41. The van der Waals surface area contributed by atoms with Crippen LogP contribution in [0.25, 0.3) is 11.0 Å². The molecule has 2 aromatic rings. The average Bonchev–Trinajstić information content (AvgIpc) is 3.30. The Morgan fingerprint density at radius 2 is 2.13 bits per heavy atom. The molecule has 1 aliphatic carbocycles. The van der Waals surface area contributed by atoms with Crippen LogP contribution < -0.4 is 10.6 Å². The van der Waals surface area contributed by atoms with Gasteiger partial charge in [0.05, 0.1) is 16.3 Å². The summed E-state index contributed by atoms with van der Waals surface area (Å²) >= 11 is 6.28. The van der Waals surface area contributed by atoms with Crippen LogP contribution in [0.2, 0.25) is 5.02 Å². The molecule has 2 N–H and O–H groups in total. The lowest BCUT2D eigenvalue weighted by atomic mass is 10.1. The zero-order valence-corrected chi connectivity index (χ0v) is 13.1. The first-order valence-corrected chi connectivity index (χ1v) is 8.04. The molecule has 3 heterocycles. The van der Waals surface area contributed by atoms with Gasteiger partial charge in [-0.1, -0.05) is 11.6 Å². The fourth-order valence-electron chi connectivity index (χ4n) is 2.79. The zero-order chi connectivity index (χ0) is 16.0. The van der Waals surface area contributed by atoms with Gasteiger partial charge in [0.15, 0.2) is 5.65 Å². The second-order valence-corrected chi connectivity index (χ2v) is 6.41. The predicted molar refractivity (Wildman–Crippen MR) is 85.4 cm³/mol. The molecule has 0 bridgehead atoms. The van der Waals surface area contributed by atoms with Crippen molar-refractivity contribution in [2.45, 2.75) is 31.2 Å². The van der Waals surface area contributed by atoms with E-state index in [9.17, 15) is 9.59 Å². The second-order valence-electron chi connectivity index (χ2n) is 6.01. The third kappa shape index (κ3) is 2.74. The first-order chi connectivity index (χ1) is 11.1. The number of nitrogens with one attached hydrogen (secondary N) is 2. The first kappa shape index (κ1) is 14.4. The van der Waals surface area contributed by atoms with Crippen molar-refractivity contribution >= 4 is 34.4 Å². The Balaban J connectivity index is 1.61. The van der Waals surface area contributed by atoms with Crippen LogP contribution in [-0.4, -0.2) is 34.4 Å². The molecule has 4 rings (SSSR count). The van der Waals surface area contributed by atoms with E-state index in [1.54, 1.807) is 6.07 Å². The van der Waals surface area contributed by atoms with Crippen LogP contribution in [0.1, 0.15) is 41.2 Å². The third-order valence-electron chi connectivity index (χ3n) is 4.23. The first-order valence-electron chi connectivity index (χ1n) is 7.66. The fraction of sp³-hybridized carbons (Fsp3) is 0.375. The molecule has 0 radical (unpaired) electrons. The molecular weight excluding hydrogens is 316 g/mol. The average molecular weight is 331 g/mol. The van der Waals surface area contributed by atoms with Crippen molar-refractivity contribution in [1.29, 1.82) is 0 Å². The van der Waals surface area contributed by atoms with Gasteiger partial charge in [-0.15, -0.1) is 0 Å². The van der Waals surface area contributed by atoms with E-state index in [0.29, 0.717) is 35.1 Å². The summed E-state index contributed by atoms with van der Waals surface area (Å²) in [6, 6.07) is 3.04. The largest absolute Gasteiger partial charge is 0.354 e. The number of halogens is 1. The summed E-state index contributed by atoms with van der Waals surface area (Å²) in [6.45, 7) is 0.587. The van der Waals surface area contributed by atoms with Gasteiger partial charge in [0.2, 0.25) is 5.91 Å². The molecule has 1 saturated heterocycles. The Morgan fingerprint density at radius 3 is 2.83 bits per heavy atom. The number of carbonyl (C=O) groups excluding carboxylic acids is 2. The fourth-order valence-corrected chi connectivity index (χ4v) is 3.11. The van der Waals surface area contributed by atoms with Crippen molar-refractivity contribution in [3.63, 3.8) is 0 Å². The molecular formula is C16H15ClN4O2. The number of aromatic nitrogens is 2. The van der Waals surface area contributed by atoms with Gasteiger partial charge in [0.25, 0.3) is 5.91 Å². The van der Waals surface area contributed by atoms with Crippen molar-refractivity contribution in [3.8, 4) is 0 Å². The minimum atomic E-state index is -0.475. The smallest absolute Gasteiger partial charge is 0.253 e. The van der Waals surface area contributed by atoms with Crippen LogP contribution in [-0.2, 0) is 4.79 Å². The highest BCUT2D eigenvalue weighted by Gasteiger charge is 2.28. The summed E-state index contributed by atoms with van der Waals surface area (Å²) in [7, 11) is 0. The number of pyridine rings is 2. The van der Waals surface area contributed by atoms with Gasteiger partial charge in [-0.05, 0) is 31.4 Å². The highest BCUT2D eigenvalue weighted by molar-refractivity contribution is 6.32. The van der Waals surface area contributed by atoms with E-state index < -0.39 is 6.04 Å². The molecule has 0 aromatic carbocycles. The van der Waals surface area contributed by atoms with Gasteiger partial charge in [-0.3, -0.25) is 9.59 Å². The summed E-state index contributed by atoms with van der Waals surface area (Å²) in [5.74, 6) is -0.0210. The highest BCUT2D eigenvalue weighted by atomic mass is 35.5. The van der Waals surface area contributed by atoms with Crippen LogP contribution in [0.5, 0.6) is 0 Å². The molecule has 1 unspecified atom stereocenters. The van der Waals surface area contributed by atoms with Crippen LogP contribution >= 0.6 is 11.6 Å². The third-order valence-corrected chi connectivity index (χ3v) is 4.53. The van der Waals surface area contributed by atoms with Gasteiger partial charge >= 0.3 is 0 Å².